The zero-order valence-electron chi connectivity index (χ0n) is 28.2. The second-order valence-corrected chi connectivity index (χ2v) is 38.7. The Labute approximate surface area is 256 Å². The topological polar surface area (TPSA) is 98.8 Å². The van der Waals surface area contributed by atoms with Crippen molar-refractivity contribution in [1.29, 1.82) is 0 Å². The summed E-state index contributed by atoms with van der Waals surface area (Å²) in [5.74, 6) is -0.754. The van der Waals surface area contributed by atoms with Crippen molar-refractivity contribution in [3.63, 3.8) is 0 Å². The highest BCUT2D eigenvalue weighted by Gasteiger charge is 2.59. The molecule has 0 fully saturated rings. The summed E-state index contributed by atoms with van der Waals surface area (Å²) < 4.78 is 45.7. The Kier molecular flexibility index (Phi) is 16.9. The van der Waals surface area contributed by atoms with Crippen LogP contribution in [0.3, 0.4) is 0 Å². The molecule has 41 heavy (non-hydrogen) atoms. The van der Waals surface area contributed by atoms with Gasteiger partial charge in [-0.15, -0.1) is 0 Å². The quantitative estimate of drug-likeness (QED) is 0.0567. The number of rotatable bonds is 20. The number of hydrogen-bond donors (Lipinski definition) is 0. The maximum absolute atomic E-state index is 12.0. The summed E-state index contributed by atoms with van der Waals surface area (Å²) in [6.07, 6.45) is 7.22. The minimum absolute atomic E-state index is 0.236. The highest BCUT2D eigenvalue weighted by molar-refractivity contribution is 6.92. The Morgan fingerprint density at radius 1 is 0.512 bits per heavy atom. The molecule has 0 unspecified atom stereocenters. The number of ether oxygens (including phenoxy) is 2. The summed E-state index contributed by atoms with van der Waals surface area (Å²) in [5.41, 5.74) is 0. The average Bonchev–Trinajstić information content (AvgIpc) is 2.69. The van der Waals surface area contributed by atoms with Crippen molar-refractivity contribution < 1.29 is 39.6 Å². The minimum Gasteiger partial charge on any atom is -0.463 e. The molecule has 0 aliphatic carbocycles. The molecule has 0 aromatic carbocycles. The lowest BCUT2D eigenvalue weighted by atomic mass is 10.5. The van der Waals surface area contributed by atoms with Crippen molar-refractivity contribution in [2.24, 2.45) is 0 Å². The first kappa shape index (κ1) is 40.5. The number of esters is 2. The maximum Gasteiger partial charge on any atom is 0.638 e. The fourth-order valence-corrected chi connectivity index (χ4v) is 26.1. The Morgan fingerprint density at radius 3 is 1.10 bits per heavy atom. The first-order chi connectivity index (χ1) is 18.4. The van der Waals surface area contributed by atoms with Gasteiger partial charge in [0.15, 0.2) is 33.3 Å². The molecule has 9 nitrogen and oxygen atoms in total. The Morgan fingerprint density at radius 2 is 0.829 bits per heavy atom. The van der Waals surface area contributed by atoms with Crippen LogP contribution in [0.5, 0.6) is 0 Å². The van der Waals surface area contributed by atoms with Crippen LogP contribution in [0.25, 0.3) is 0 Å². The van der Waals surface area contributed by atoms with Crippen molar-refractivity contribution in [1.82, 2.24) is 0 Å². The van der Waals surface area contributed by atoms with Crippen LogP contribution >= 0.6 is 0 Å². The predicted octanol–water partition coefficient (Wildman–Crippen LogP) is 7.31. The molecule has 0 saturated heterocycles. The third-order valence-corrected chi connectivity index (χ3v) is 23.6. The molecule has 0 aliphatic heterocycles. The molecule has 0 radical (unpaired) electrons. The first-order valence-electron chi connectivity index (χ1n) is 14.5. The van der Waals surface area contributed by atoms with Gasteiger partial charge in [0.2, 0.25) is 0 Å². The monoisotopic (exact) mass is 682 g/mol. The third kappa shape index (κ3) is 21.0. The van der Waals surface area contributed by atoms with Gasteiger partial charge in [0.1, 0.15) is 0 Å². The third-order valence-electron chi connectivity index (χ3n) is 4.59. The van der Waals surface area contributed by atoms with Gasteiger partial charge in [0.25, 0.3) is 0 Å². The van der Waals surface area contributed by atoms with Gasteiger partial charge in [-0.05, 0) is 117 Å². The Balaban J connectivity index is 6.71. The standard InChI is InChI=1S/C26H58O9Si6/c1-15-19-25(27)29-21-17-23-40(31-36(3,4)5,24-18-22-30-26(28)20-16-2)35-41(32-37(6,7)8,33-38(9,10)11)34-39(12,13)14/h15-16,19-20H,17-18,21-24H2,1-14H3. The van der Waals surface area contributed by atoms with E-state index in [1.165, 1.54) is 12.2 Å². The smallest absolute Gasteiger partial charge is 0.463 e. The predicted molar refractivity (Wildman–Crippen MR) is 181 cm³/mol. The summed E-state index contributed by atoms with van der Waals surface area (Å²) in [4.78, 5) is 24.0. The summed E-state index contributed by atoms with van der Waals surface area (Å²) in [6.45, 7) is 29.5. The van der Waals surface area contributed by atoms with E-state index in [0.29, 0.717) is 24.9 Å². The lowest BCUT2D eigenvalue weighted by molar-refractivity contribution is -0.138. The van der Waals surface area contributed by atoms with Crippen molar-refractivity contribution in [3.05, 3.63) is 24.3 Å². The van der Waals surface area contributed by atoms with Gasteiger partial charge < -0.3 is 30.0 Å². The molecule has 0 aliphatic rings. The highest BCUT2D eigenvalue weighted by Crippen LogP contribution is 2.35. The summed E-state index contributed by atoms with van der Waals surface area (Å²) in [7, 11) is -15.7. The largest absolute Gasteiger partial charge is 0.638 e. The van der Waals surface area contributed by atoms with Crippen LogP contribution in [0.2, 0.25) is 90.7 Å². The molecule has 0 rings (SSSR count). The zero-order valence-corrected chi connectivity index (χ0v) is 34.2. The zero-order chi connectivity index (χ0) is 32.2. The molecule has 0 bridgehead atoms. The number of hydrogen-bond acceptors (Lipinski definition) is 9. The van der Waals surface area contributed by atoms with E-state index in [-0.39, 0.29) is 25.2 Å². The van der Waals surface area contributed by atoms with E-state index < -0.39 is 50.9 Å². The number of carbonyl (C=O) groups is 2. The Hall–Kier alpha value is -0.479. The lowest BCUT2D eigenvalue weighted by Crippen LogP contribution is -2.68. The van der Waals surface area contributed by atoms with Gasteiger partial charge in [-0.25, -0.2) is 9.59 Å². The van der Waals surface area contributed by atoms with Crippen molar-refractivity contribution in [2.45, 2.75) is 117 Å². The van der Waals surface area contributed by atoms with Gasteiger partial charge in [0, 0.05) is 12.2 Å². The van der Waals surface area contributed by atoms with Crippen LogP contribution in [-0.4, -0.2) is 76.0 Å². The van der Waals surface area contributed by atoms with Crippen LogP contribution < -0.4 is 0 Å². The summed E-state index contributed by atoms with van der Waals surface area (Å²) in [6, 6.07) is 1.11. The average molecular weight is 683 g/mol. The second-order valence-electron chi connectivity index (χ2n) is 13.9. The van der Waals surface area contributed by atoms with E-state index >= 15 is 0 Å². The molecule has 0 atom stereocenters. The fraction of sp³-hybridized carbons (Fsp3) is 0.769. The van der Waals surface area contributed by atoms with Crippen LogP contribution in [-0.2, 0) is 39.6 Å². The summed E-state index contributed by atoms with van der Waals surface area (Å²) in [5, 5.41) is 0. The number of allylic oxidation sites excluding steroid dienone is 2. The van der Waals surface area contributed by atoms with Crippen LogP contribution in [0, 0.1) is 0 Å². The molecule has 0 amide bonds. The van der Waals surface area contributed by atoms with E-state index in [0.717, 1.165) is 0 Å². The molecular formula is C26H58O9Si6. The molecule has 0 N–H and O–H groups in total. The maximum atomic E-state index is 12.0. The molecule has 0 saturated carbocycles. The van der Waals surface area contributed by atoms with Gasteiger partial charge >= 0.3 is 29.5 Å². The minimum atomic E-state index is -3.72. The van der Waals surface area contributed by atoms with E-state index in [1.807, 2.05) is 0 Å². The van der Waals surface area contributed by atoms with Gasteiger partial charge in [-0.3, -0.25) is 0 Å². The Bertz CT molecular complexity index is 796. The highest BCUT2D eigenvalue weighted by atomic mass is 28.6. The first-order valence-corrected chi connectivity index (χ1v) is 32.0. The van der Waals surface area contributed by atoms with Crippen molar-refractivity contribution >= 4 is 62.8 Å². The van der Waals surface area contributed by atoms with Crippen LogP contribution in [0.1, 0.15) is 26.7 Å². The van der Waals surface area contributed by atoms with E-state index in [4.69, 9.17) is 30.0 Å². The molecule has 0 aromatic heterocycles. The van der Waals surface area contributed by atoms with Gasteiger partial charge in [-0.2, -0.15) is 0 Å². The molecule has 15 heteroatoms. The molecule has 0 aromatic rings. The van der Waals surface area contributed by atoms with E-state index in [1.54, 1.807) is 26.0 Å². The fourth-order valence-electron chi connectivity index (χ4n) is 3.78. The van der Waals surface area contributed by atoms with Crippen LogP contribution in [0.4, 0.5) is 0 Å². The van der Waals surface area contributed by atoms with Gasteiger partial charge in [-0.1, -0.05) is 12.2 Å². The normalized spacial score (nSPS) is 15.4. The van der Waals surface area contributed by atoms with Crippen LogP contribution in [0.15, 0.2) is 24.3 Å². The lowest BCUT2D eigenvalue weighted by Gasteiger charge is -2.47. The van der Waals surface area contributed by atoms with E-state index in [9.17, 15) is 9.59 Å². The van der Waals surface area contributed by atoms with E-state index in [2.05, 4.69) is 78.6 Å². The van der Waals surface area contributed by atoms with Crippen molar-refractivity contribution in [2.75, 3.05) is 13.2 Å². The van der Waals surface area contributed by atoms with Gasteiger partial charge in [0.05, 0.1) is 13.2 Å². The molecule has 240 valence electrons. The van der Waals surface area contributed by atoms with Crippen molar-refractivity contribution in [3.8, 4) is 0 Å². The SMILES string of the molecule is CC=CC(=O)OCCC[Si](CCCOC(=O)C=CC)(O[Si](C)(C)C)O[Si](O[Si](C)(C)C)(O[Si](C)(C)C)O[Si](C)(C)C. The number of carbonyl (C=O) groups excluding carboxylic acids is 2. The summed E-state index contributed by atoms with van der Waals surface area (Å²) >= 11 is 0. The second kappa shape index (κ2) is 17.1. The molecular weight excluding hydrogens is 625 g/mol. The molecule has 0 heterocycles. The molecule has 0 spiro atoms.